The number of carbonyl (C=O) groups is 1. The summed E-state index contributed by atoms with van der Waals surface area (Å²) >= 11 is 1.02. The second-order valence-electron chi connectivity index (χ2n) is 7.82. The minimum Gasteiger partial charge on any atom is -0.383 e. The van der Waals surface area contributed by atoms with Crippen molar-refractivity contribution in [3.63, 3.8) is 0 Å². The van der Waals surface area contributed by atoms with Gasteiger partial charge in [-0.1, -0.05) is 18.9 Å². The van der Waals surface area contributed by atoms with Crippen LogP contribution in [0.25, 0.3) is 11.1 Å². The number of Topliss-reactive ketones (excluding diaryl/α,β-unsaturated/α-hetero) is 1. The number of pyridine rings is 1. The molecule has 0 spiro atoms. The second-order valence-corrected chi connectivity index (χ2v) is 8.72. The molecule has 0 aliphatic heterocycles. The molecule has 11 heteroatoms. The number of nitrogens with zero attached hydrogens (tertiary/aromatic N) is 3. The van der Waals surface area contributed by atoms with Crippen molar-refractivity contribution in [2.24, 2.45) is 0 Å². The average Bonchev–Trinajstić information content (AvgIpc) is 3.66. The molecule has 7 nitrogen and oxygen atoms in total. The highest BCUT2D eigenvalue weighted by atomic mass is 32.2. The smallest absolute Gasteiger partial charge is 0.217 e. The van der Waals surface area contributed by atoms with Crippen molar-refractivity contribution in [1.29, 1.82) is 5.41 Å². The zero-order chi connectivity index (χ0) is 24.4. The molecule has 1 aromatic carbocycles. The molecule has 4 rings (SSSR count). The molecule has 0 amide bonds. The van der Waals surface area contributed by atoms with E-state index in [0.717, 1.165) is 37.0 Å². The van der Waals surface area contributed by atoms with Crippen LogP contribution >= 0.6 is 11.9 Å². The Labute approximate surface area is 198 Å². The maximum Gasteiger partial charge on any atom is 0.217 e. The Hall–Kier alpha value is -3.47. The van der Waals surface area contributed by atoms with E-state index in [9.17, 15) is 18.0 Å². The number of carbonyl (C=O) groups excluding carboxylic acids is 1. The van der Waals surface area contributed by atoms with Gasteiger partial charge < -0.3 is 10.5 Å². The van der Waals surface area contributed by atoms with Crippen molar-refractivity contribution in [2.75, 3.05) is 16.2 Å². The topological polar surface area (TPSA) is 118 Å². The molecule has 0 bridgehead atoms. The Balaban J connectivity index is 1.65. The van der Waals surface area contributed by atoms with Gasteiger partial charge in [-0.05, 0) is 25.3 Å². The van der Waals surface area contributed by atoms with Gasteiger partial charge in [0.1, 0.15) is 28.9 Å². The third-order valence-electron chi connectivity index (χ3n) is 5.24. The van der Waals surface area contributed by atoms with E-state index < -0.39 is 40.2 Å². The van der Waals surface area contributed by atoms with Gasteiger partial charge in [-0.2, -0.15) is 0 Å². The van der Waals surface area contributed by atoms with Crippen LogP contribution in [0.4, 0.5) is 24.7 Å². The molecule has 2 aromatic heterocycles. The number of rotatable bonds is 9. The maximum atomic E-state index is 15.0. The molecule has 1 aliphatic carbocycles. The van der Waals surface area contributed by atoms with Crippen LogP contribution < -0.4 is 10.5 Å². The predicted molar refractivity (Wildman–Crippen MR) is 125 cm³/mol. The zero-order valence-corrected chi connectivity index (χ0v) is 19.0. The first-order valence-electron chi connectivity index (χ1n) is 10.6. The third kappa shape index (κ3) is 4.74. The molecule has 0 radical (unpaired) electrons. The monoisotopic (exact) mass is 486 g/mol. The van der Waals surface area contributed by atoms with Crippen LogP contribution in [0.15, 0.2) is 30.7 Å². The van der Waals surface area contributed by atoms with Gasteiger partial charge in [-0.15, -0.1) is 0 Å². The molecule has 1 saturated carbocycles. The number of nitrogens with two attached hydrogens (primary N) is 1. The van der Waals surface area contributed by atoms with E-state index in [1.54, 1.807) is 12.4 Å². The van der Waals surface area contributed by atoms with Gasteiger partial charge >= 0.3 is 0 Å². The van der Waals surface area contributed by atoms with Crippen molar-refractivity contribution in [1.82, 2.24) is 15.0 Å². The lowest BCUT2D eigenvalue weighted by Crippen LogP contribution is -2.21. The number of hydrogen-bond acceptors (Lipinski definition) is 8. The minimum absolute atomic E-state index is 0.119. The Morgan fingerprint density at radius 3 is 2.44 bits per heavy atom. The number of benzene rings is 1. The predicted octanol–water partition coefficient (Wildman–Crippen LogP) is 5.14. The summed E-state index contributed by atoms with van der Waals surface area (Å²) in [6, 6.07) is 1.82. The number of halogens is 3. The first-order chi connectivity index (χ1) is 16.3. The van der Waals surface area contributed by atoms with Crippen LogP contribution in [-0.4, -0.2) is 32.2 Å². The second kappa shape index (κ2) is 9.80. The lowest BCUT2D eigenvalue weighted by molar-refractivity contribution is 0.105. The number of hydrogen-bond donors (Lipinski definition) is 3. The van der Waals surface area contributed by atoms with E-state index in [2.05, 4.69) is 19.7 Å². The molecule has 176 valence electrons. The van der Waals surface area contributed by atoms with Crippen molar-refractivity contribution in [3.8, 4) is 11.1 Å². The minimum atomic E-state index is -1.41. The molecule has 2 heterocycles. The molecule has 0 unspecified atom stereocenters. The highest BCUT2D eigenvalue weighted by Crippen LogP contribution is 2.38. The summed E-state index contributed by atoms with van der Waals surface area (Å²) in [6.45, 7) is 1.88. The van der Waals surface area contributed by atoms with Gasteiger partial charge in [0.15, 0.2) is 11.6 Å². The van der Waals surface area contributed by atoms with Crippen LogP contribution in [0.1, 0.15) is 53.8 Å². The van der Waals surface area contributed by atoms with Crippen LogP contribution in [0, 0.1) is 22.9 Å². The fourth-order valence-electron chi connectivity index (χ4n) is 3.24. The summed E-state index contributed by atoms with van der Waals surface area (Å²) in [5.74, 6) is -3.80. The maximum absolute atomic E-state index is 15.0. The Kier molecular flexibility index (Phi) is 6.82. The van der Waals surface area contributed by atoms with Crippen molar-refractivity contribution in [2.45, 2.75) is 32.1 Å². The Morgan fingerprint density at radius 1 is 1.12 bits per heavy atom. The van der Waals surface area contributed by atoms with E-state index in [0.29, 0.717) is 28.9 Å². The lowest BCUT2D eigenvalue weighted by Gasteiger charge is -2.13. The van der Waals surface area contributed by atoms with Crippen molar-refractivity contribution < 1.29 is 18.0 Å². The highest BCUT2D eigenvalue weighted by molar-refractivity contribution is 8.00. The normalized spacial score (nSPS) is 13.1. The molecular weight excluding hydrogens is 465 g/mol. The SMILES string of the molecule is CCCSNc1c(F)cc(F)c(C(=O)C(=N)c2cc(-c3cnc(C4CC4)nc3)cnc2N)c1F. The van der Waals surface area contributed by atoms with E-state index in [-0.39, 0.29) is 11.4 Å². The third-order valence-corrected chi connectivity index (χ3v) is 6.20. The number of nitrogen functional groups attached to an aromatic ring is 1. The number of ketones is 1. The van der Waals surface area contributed by atoms with Gasteiger partial charge in [0.2, 0.25) is 5.78 Å². The summed E-state index contributed by atoms with van der Waals surface area (Å²) in [5, 5.41) is 8.30. The highest BCUT2D eigenvalue weighted by Gasteiger charge is 2.29. The van der Waals surface area contributed by atoms with E-state index in [4.69, 9.17) is 11.1 Å². The zero-order valence-electron chi connectivity index (χ0n) is 18.2. The molecule has 0 saturated heterocycles. The summed E-state index contributed by atoms with van der Waals surface area (Å²) in [5.41, 5.74) is 4.33. The fourth-order valence-corrected chi connectivity index (χ4v) is 3.88. The average molecular weight is 487 g/mol. The quantitative estimate of drug-likeness (QED) is 0.166. The number of aromatic nitrogens is 3. The largest absolute Gasteiger partial charge is 0.383 e. The van der Waals surface area contributed by atoms with E-state index >= 15 is 0 Å². The summed E-state index contributed by atoms with van der Waals surface area (Å²) in [4.78, 5) is 25.6. The van der Waals surface area contributed by atoms with E-state index in [1.165, 1.54) is 12.3 Å². The van der Waals surface area contributed by atoms with Gasteiger partial charge in [-0.3, -0.25) is 10.2 Å². The molecule has 0 atom stereocenters. The van der Waals surface area contributed by atoms with Crippen molar-refractivity contribution in [3.05, 3.63) is 65.1 Å². The first-order valence-corrected chi connectivity index (χ1v) is 11.6. The molecule has 34 heavy (non-hydrogen) atoms. The molecular formula is C23H21F3N6OS. The lowest BCUT2D eigenvalue weighted by atomic mass is 9.97. The van der Waals surface area contributed by atoms with Gasteiger partial charge in [0, 0.05) is 53.0 Å². The molecule has 3 aromatic rings. The summed E-state index contributed by atoms with van der Waals surface area (Å²) in [6.07, 6.45) is 7.48. The number of anilines is 2. The first kappa shape index (κ1) is 23.7. The van der Waals surface area contributed by atoms with Crippen LogP contribution in [-0.2, 0) is 0 Å². The van der Waals surface area contributed by atoms with Gasteiger partial charge in [-0.25, -0.2) is 28.1 Å². The molecule has 1 aliphatic rings. The fraction of sp³-hybridized carbons (Fsp3) is 0.261. The van der Waals surface area contributed by atoms with E-state index in [1.807, 2.05) is 6.92 Å². The van der Waals surface area contributed by atoms with Crippen molar-refractivity contribution >= 4 is 34.9 Å². The van der Waals surface area contributed by atoms with Crippen LogP contribution in [0.3, 0.4) is 0 Å². The molecule has 4 N–H and O–H groups in total. The van der Waals surface area contributed by atoms with Gasteiger partial charge in [0.05, 0.1) is 5.56 Å². The molecule has 1 fully saturated rings. The van der Waals surface area contributed by atoms with Crippen LogP contribution in [0.2, 0.25) is 0 Å². The standard InChI is InChI=1S/C23H21F3N6OS/c1-2-5-34-32-20-16(25)7-15(24)17(18(20)26)21(33)19(27)14-6-12(8-29-22(14)28)13-9-30-23(31-10-13)11-3-4-11/h6-11,27,32H,2-5H2,1H3,(H2,28,29). The Bertz CT molecular complexity index is 1260. The summed E-state index contributed by atoms with van der Waals surface area (Å²) < 4.78 is 46.0. The number of nitrogens with one attached hydrogen (secondary N) is 2. The van der Waals surface area contributed by atoms with Gasteiger partial charge in [0.25, 0.3) is 0 Å². The summed E-state index contributed by atoms with van der Waals surface area (Å²) in [7, 11) is 0. The van der Waals surface area contributed by atoms with Crippen LogP contribution in [0.5, 0.6) is 0 Å². The Morgan fingerprint density at radius 2 is 1.79 bits per heavy atom.